The monoisotopic (exact) mass is 293 g/mol. The van der Waals surface area contributed by atoms with Gasteiger partial charge in [0, 0.05) is 26.8 Å². The van der Waals surface area contributed by atoms with Gasteiger partial charge in [0.2, 0.25) is 0 Å². The Bertz CT molecular complexity index is 473. The Kier molecular flexibility index (Phi) is 4.31. The molecule has 0 aromatic carbocycles. The average Bonchev–Trinajstić information content (AvgIpc) is 3.15. The molecule has 2 aliphatic rings. The van der Waals surface area contributed by atoms with E-state index in [2.05, 4.69) is 0 Å². The summed E-state index contributed by atoms with van der Waals surface area (Å²) in [5.74, 6) is 0.598. The molecule has 2 fully saturated rings. The average molecular weight is 293 g/mol. The molecule has 1 spiro atoms. The fourth-order valence-corrected chi connectivity index (χ4v) is 3.53. The van der Waals surface area contributed by atoms with E-state index in [-0.39, 0.29) is 11.5 Å². The highest BCUT2D eigenvalue weighted by molar-refractivity contribution is 5.93. The third-order valence-corrected chi connectivity index (χ3v) is 4.61. The first kappa shape index (κ1) is 14.6. The quantitative estimate of drug-likeness (QED) is 0.855. The van der Waals surface area contributed by atoms with Crippen LogP contribution in [0.3, 0.4) is 0 Å². The lowest BCUT2D eigenvalue weighted by molar-refractivity contribution is -0.0450. The van der Waals surface area contributed by atoms with Crippen LogP contribution in [0.5, 0.6) is 0 Å². The van der Waals surface area contributed by atoms with Crippen molar-refractivity contribution in [1.29, 1.82) is 0 Å². The van der Waals surface area contributed by atoms with Crippen molar-refractivity contribution in [2.45, 2.75) is 31.3 Å². The van der Waals surface area contributed by atoms with Gasteiger partial charge < -0.3 is 18.8 Å². The summed E-state index contributed by atoms with van der Waals surface area (Å²) >= 11 is 0. The number of nitrogens with zero attached hydrogens (tertiary/aromatic N) is 1. The molecule has 5 nitrogen and oxygen atoms in total. The summed E-state index contributed by atoms with van der Waals surface area (Å²) in [5.41, 5.74) is 0.483. The zero-order valence-electron chi connectivity index (χ0n) is 12.5. The molecule has 1 amide bonds. The van der Waals surface area contributed by atoms with E-state index in [1.54, 1.807) is 19.4 Å². The fraction of sp³-hybridized carbons (Fsp3) is 0.688. The van der Waals surface area contributed by atoms with E-state index in [0.717, 1.165) is 45.4 Å². The second-order valence-electron chi connectivity index (χ2n) is 6.19. The minimum Gasteiger partial charge on any atom is -0.472 e. The van der Waals surface area contributed by atoms with Crippen LogP contribution in [0.15, 0.2) is 23.0 Å². The number of piperidine rings is 1. The number of hydrogen-bond donors (Lipinski definition) is 0. The lowest BCUT2D eigenvalue weighted by Gasteiger charge is -2.39. The SMILES string of the molecule is COCC[C@H]1CO[C@@]2(CCCN(C(=O)c3ccoc3)C2)C1. The lowest BCUT2D eigenvalue weighted by Crippen LogP contribution is -2.50. The second-order valence-corrected chi connectivity index (χ2v) is 6.19. The molecule has 2 atom stereocenters. The molecule has 116 valence electrons. The molecule has 2 aliphatic heterocycles. The van der Waals surface area contributed by atoms with Gasteiger partial charge in [-0.2, -0.15) is 0 Å². The highest BCUT2D eigenvalue weighted by atomic mass is 16.5. The molecule has 1 aromatic rings. The summed E-state index contributed by atoms with van der Waals surface area (Å²) in [6.45, 7) is 3.07. The fourth-order valence-electron chi connectivity index (χ4n) is 3.53. The van der Waals surface area contributed by atoms with E-state index in [1.807, 2.05) is 4.90 Å². The zero-order chi connectivity index (χ0) is 14.7. The Morgan fingerprint density at radius 2 is 2.48 bits per heavy atom. The molecule has 0 aliphatic carbocycles. The van der Waals surface area contributed by atoms with Gasteiger partial charge in [-0.3, -0.25) is 4.79 Å². The molecule has 0 radical (unpaired) electrons. The van der Waals surface area contributed by atoms with Crippen LogP contribution in [0.4, 0.5) is 0 Å². The van der Waals surface area contributed by atoms with Crippen molar-refractivity contribution in [3.63, 3.8) is 0 Å². The number of carbonyl (C=O) groups is 1. The van der Waals surface area contributed by atoms with Gasteiger partial charge in [0.1, 0.15) is 6.26 Å². The van der Waals surface area contributed by atoms with Crippen LogP contribution in [0.25, 0.3) is 0 Å². The predicted octanol–water partition coefficient (Wildman–Crippen LogP) is 2.33. The highest BCUT2D eigenvalue weighted by Crippen LogP contribution is 2.38. The standard InChI is InChI=1S/C16H23NO4/c1-19-7-3-13-9-16(21-10-13)5-2-6-17(12-16)15(18)14-4-8-20-11-14/h4,8,11,13H,2-3,5-7,9-10,12H2,1H3/t13-,16+/m1/s1. The number of carbonyl (C=O) groups excluding carboxylic acids is 1. The van der Waals surface area contributed by atoms with Crippen LogP contribution in [-0.4, -0.2) is 49.8 Å². The van der Waals surface area contributed by atoms with Crippen LogP contribution in [0, 0.1) is 5.92 Å². The van der Waals surface area contributed by atoms with Crippen molar-refractivity contribution in [3.05, 3.63) is 24.2 Å². The Morgan fingerprint density at radius 3 is 3.24 bits per heavy atom. The number of amides is 1. The van der Waals surface area contributed by atoms with Gasteiger partial charge >= 0.3 is 0 Å². The van der Waals surface area contributed by atoms with Crippen LogP contribution in [-0.2, 0) is 9.47 Å². The highest BCUT2D eigenvalue weighted by Gasteiger charge is 2.44. The molecule has 0 N–H and O–H groups in total. The summed E-state index contributed by atoms with van der Waals surface area (Å²) in [7, 11) is 1.73. The van der Waals surface area contributed by atoms with E-state index < -0.39 is 0 Å². The maximum Gasteiger partial charge on any atom is 0.257 e. The molecular weight excluding hydrogens is 270 g/mol. The molecule has 3 rings (SSSR count). The molecular formula is C16H23NO4. The normalized spacial score (nSPS) is 29.2. The van der Waals surface area contributed by atoms with Gasteiger partial charge in [0.25, 0.3) is 5.91 Å². The number of ether oxygens (including phenoxy) is 2. The number of likely N-dealkylation sites (tertiary alicyclic amines) is 1. The predicted molar refractivity (Wildman–Crippen MR) is 77.1 cm³/mol. The van der Waals surface area contributed by atoms with Gasteiger partial charge in [0.15, 0.2) is 0 Å². The van der Waals surface area contributed by atoms with Gasteiger partial charge in [0.05, 0.1) is 24.0 Å². The summed E-state index contributed by atoms with van der Waals surface area (Å²) in [6.07, 6.45) is 7.17. The number of methoxy groups -OCH3 is 1. The molecule has 0 bridgehead atoms. The first-order valence-electron chi connectivity index (χ1n) is 7.67. The topological polar surface area (TPSA) is 51.9 Å². The number of rotatable bonds is 4. The first-order chi connectivity index (χ1) is 10.2. The van der Waals surface area contributed by atoms with Crippen molar-refractivity contribution < 1.29 is 18.7 Å². The third kappa shape index (κ3) is 3.14. The zero-order valence-corrected chi connectivity index (χ0v) is 12.5. The van der Waals surface area contributed by atoms with Gasteiger partial charge in [-0.05, 0) is 37.7 Å². The van der Waals surface area contributed by atoms with Crippen LogP contribution >= 0.6 is 0 Å². The molecule has 0 saturated carbocycles. The van der Waals surface area contributed by atoms with Crippen LogP contribution < -0.4 is 0 Å². The van der Waals surface area contributed by atoms with E-state index >= 15 is 0 Å². The van der Waals surface area contributed by atoms with Gasteiger partial charge in [-0.15, -0.1) is 0 Å². The molecule has 5 heteroatoms. The maximum absolute atomic E-state index is 12.4. The van der Waals surface area contributed by atoms with E-state index in [4.69, 9.17) is 13.9 Å². The van der Waals surface area contributed by atoms with Crippen molar-refractivity contribution in [3.8, 4) is 0 Å². The minimum absolute atomic E-state index is 0.0479. The van der Waals surface area contributed by atoms with Crippen molar-refractivity contribution in [2.24, 2.45) is 5.92 Å². The second kappa shape index (κ2) is 6.20. The van der Waals surface area contributed by atoms with Crippen LogP contribution in [0.2, 0.25) is 0 Å². The maximum atomic E-state index is 12.4. The Hall–Kier alpha value is -1.33. The van der Waals surface area contributed by atoms with Gasteiger partial charge in [-0.1, -0.05) is 0 Å². The molecule has 1 aromatic heterocycles. The van der Waals surface area contributed by atoms with Crippen molar-refractivity contribution in [1.82, 2.24) is 4.90 Å². The largest absolute Gasteiger partial charge is 0.472 e. The lowest BCUT2D eigenvalue weighted by atomic mass is 9.85. The molecule has 0 unspecified atom stereocenters. The Labute approximate surface area is 125 Å². The Morgan fingerprint density at radius 1 is 1.57 bits per heavy atom. The molecule has 21 heavy (non-hydrogen) atoms. The van der Waals surface area contributed by atoms with Crippen molar-refractivity contribution in [2.75, 3.05) is 33.4 Å². The van der Waals surface area contributed by atoms with E-state index in [1.165, 1.54) is 6.26 Å². The van der Waals surface area contributed by atoms with Gasteiger partial charge in [-0.25, -0.2) is 0 Å². The van der Waals surface area contributed by atoms with Crippen LogP contribution in [0.1, 0.15) is 36.0 Å². The molecule has 2 saturated heterocycles. The molecule has 3 heterocycles. The number of hydrogen-bond acceptors (Lipinski definition) is 4. The Balaban J connectivity index is 1.62. The van der Waals surface area contributed by atoms with Crippen molar-refractivity contribution >= 4 is 5.91 Å². The summed E-state index contributed by atoms with van der Waals surface area (Å²) in [4.78, 5) is 14.4. The first-order valence-corrected chi connectivity index (χ1v) is 7.67. The van der Waals surface area contributed by atoms with E-state index in [0.29, 0.717) is 18.0 Å². The summed E-state index contributed by atoms with van der Waals surface area (Å²) < 4.78 is 16.3. The minimum atomic E-state index is -0.143. The third-order valence-electron chi connectivity index (χ3n) is 4.61. The number of furan rings is 1. The van der Waals surface area contributed by atoms with E-state index in [9.17, 15) is 4.79 Å². The summed E-state index contributed by atoms with van der Waals surface area (Å²) in [6, 6.07) is 1.72. The smallest absolute Gasteiger partial charge is 0.257 e. The summed E-state index contributed by atoms with van der Waals surface area (Å²) in [5, 5.41) is 0.